The van der Waals surface area contributed by atoms with Crippen LogP contribution in [0.25, 0.3) is 0 Å². The molecule has 5 nitrogen and oxygen atoms in total. The van der Waals surface area contributed by atoms with Gasteiger partial charge in [0.2, 0.25) is 0 Å². The largest absolute Gasteiger partial charge is 0.497 e. The van der Waals surface area contributed by atoms with E-state index in [0.717, 1.165) is 29.5 Å². The smallest absolute Gasteiger partial charge is 0.159 e. The Morgan fingerprint density at radius 1 is 1.18 bits per heavy atom. The number of amidine groups is 1. The molecule has 1 heterocycles. The highest BCUT2D eigenvalue weighted by Gasteiger charge is 2.05. The number of methoxy groups -OCH3 is 1. The molecule has 6 heteroatoms. The quantitative estimate of drug-likeness (QED) is 0.654. The molecule has 0 radical (unpaired) electrons. The molecule has 2 aromatic rings. The molecule has 0 spiro atoms. The molecule has 0 saturated heterocycles. The summed E-state index contributed by atoms with van der Waals surface area (Å²) < 4.78 is 10.8. The van der Waals surface area contributed by atoms with Crippen molar-refractivity contribution >= 4 is 22.6 Å². The number of thioether (sulfide) groups is 1. The Balaban J connectivity index is 1.89. The Bertz CT molecular complexity index is 621. The summed E-state index contributed by atoms with van der Waals surface area (Å²) in [4.78, 5) is 6.42. The van der Waals surface area contributed by atoms with Gasteiger partial charge in [0, 0.05) is 0 Å². The molecule has 0 aliphatic rings. The molecular formula is C16H21N3O2S. The van der Waals surface area contributed by atoms with Crippen molar-refractivity contribution in [2.45, 2.75) is 12.3 Å². The maximum atomic E-state index is 5.94. The van der Waals surface area contributed by atoms with E-state index in [1.54, 1.807) is 7.11 Å². The van der Waals surface area contributed by atoms with Crippen LogP contribution in [0.4, 0.5) is 5.69 Å². The van der Waals surface area contributed by atoms with Crippen LogP contribution in [-0.4, -0.2) is 31.3 Å². The average Bonchev–Trinajstić information content (AvgIpc) is 2.93. The summed E-state index contributed by atoms with van der Waals surface area (Å²) in [5, 5.41) is 0.510. The second-order valence-corrected chi connectivity index (χ2v) is 6.04. The maximum absolute atomic E-state index is 5.94. The van der Waals surface area contributed by atoms with Gasteiger partial charge in [-0.3, -0.25) is 0 Å². The van der Waals surface area contributed by atoms with E-state index in [-0.39, 0.29) is 0 Å². The number of hydrogen-bond donors (Lipinski definition) is 1. The summed E-state index contributed by atoms with van der Waals surface area (Å²) >= 11 is 1.46. The maximum Gasteiger partial charge on any atom is 0.159 e. The lowest BCUT2D eigenvalue weighted by atomic mass is 10.3. The third kappa shape index (κ3) is 5.13. The van der Waals surface area contributed by atoms with Crippen molar-refractivity contribution < 1.29 is 9.15 Å². The zero-order chi connectivity index (χ0) is 15.9. The lowest BCUT2D eigenvalue weighted by Crippen LogP contribution is -2.09. The first-order valence-corrected chi connectivity index (χ1v) is 7.88. The van der Waals surface area contributed by atoms with E-state index in [9.17, 15) is 0 Å². The molecule has 0 bridgehead atoms. The lowest BCUT2D eigenvalue weighted by molar-refractivity contribution is 0.344. The van der Waals surface area contributed by atoms with Gasteiger partial charge in [0.25, 0.3) is 0 Å². The Hall–Kier alpha value is -1.92. The molecule has 0 saturated carbocycles. The summed E-state index contributed by atoms with van der Waals surface area (Å²) in [5.41, 5.74) is 6.75. The molecule has 1 aromatic heterocycles. The first-order chi connectivity index (χ1) is 10.6. The molecule has 0 fully saturated rings. The van der Waals surface area contributed by atoms with Gasteiger partial charge >= 0.3 is 0 Å². The third-order valence-electron chi connectivity index (χ3n) is 2.86. The number of benzene rings is 1. The van der Waals surface area contributed by atoms with Gasteiger partial charge in [-0.05, 0) is 50.5 Å². The van der Waals surface area contributed by atoms with Crippen molar-refractivity contribution in [2.75, 3.05) is 21.2 Å². The Labute approximate surface area is 135 Å². The van der Waals surface area contributed by atoms with Gasteiger partial charge in [-0.25, -0.2) is 4.99 Å². The Morgan fingerprint density at radius 2 is 1.86 bits per heavy atom. The standard InChI is InChI=1S/C16H21N3O2S/c1-19(2)10-14-8-9-15(21-14)11-22-16(17)18-12-4-6-13(20-3)7-5-12/h4-9H,10-11H2,1-3H3,(H2,17,18). The molecule has 0 amide bonds. The molecule has 22 heavy (non-hydrogen) atoms. The van der Waals surface area contributed by atoms with Crippen LogP contribution in [0.3, 0.4) is 0 Å². The van der Waals surface area contributed by atoms with E-state index in [1.807, 2.05) is 50.5 Å². The van der Waals surface area contributed by atoms with Gasteiger partial charge in [0.1, 0.15) is 17.3 Å². The summed E-state index contributed by atoms with van der Waals surface area (Å²) in [6, 6.07) is 11.4. The Morgan fingerprint density at radius 3 is 2.50 bits per heavy atom. The van der Waals surface area contributed by atoms with Gasteiger partial charge in [-0.2, -0.15) is 0 Å². The molecular weight excluding hydrogens is 298 g/mol. The van der Waals surface area contributed by atoms with Crippen molar-refractivity contribution in [2.24, 2.45) is 10.7 Å². The molecule has 118 valence electrons. The zero-order valence-corrected chi connectivity index (χ0v) is 13.9. The third-order valence-corrected chi connectivity index (χ3v) is 3.68. The number of nitrogens with two attached hydrogens (primary N) is 1. The fourth-order valence-electron chi connectivity index (χ4n) is 1.86. The van der Waals surface area contributed by atoms with Crippen LogP contribution in [0.15, 0.2) is 45.8 Å². The molecule has 2 rings (SSSR count). The lowest BCUT2D eigenvalue weighted by Gasteiger charge is -2.05. The fourth-order valence-corrected chi connectivity index (χ4v) is 2.47. The number of rotatable bonds is 6. The molecule has 1 aromatic carbocycles. The Kier molecular flexibility index (Phi) is 5.91. The summed E-state index contributed by atoms with van der Waals surface area (Å²) in [6.07, 6.45) is 0. The molecule has 0 aliphatic heterocycles. The minimum absolute atomic E-state index is 0.510. The summed E-state index contributed by atoms with van der Waals surface area (Å²) in [7, 11) is 5.66. The van der Waals surface area contributed by atoms with Crippen molar-refractivity contribution in [3.63, 3.8) is 0 Å². The van der Waals surface area contributed by atoms with E-state index in [2.05, 4.69) is 9.89 Å². The van der Waals surface area contributed by atoms with E-state index >= 15 is 0 Å². The second-order valence-electron chi connectivity index (χ2n) is 5.04. The van der Waals surface area contributed by atoms with E-state index < -0.39 is 0 Å². The van der Waals surface area contributed by atoms with Crippen molar-refractivity contribution in [1.82, 2.24) is 4.90 Å². The van der Waals surface area contributed by atoms with E-state index in [0.29, 0.717) is 10.9 Å². The summed E-state index contributed by atoms with van der Waals surface area (Å²) in [5.74, 6) is 3.31. The monoisotopic (exact) mass is 319 g/mol. The first-order valence-electron chi connectivity index (χ1n) is 6.90. The van der Waals surface area contributed by atoms with Crippen LogP contribution in [0.1, 0.15) is 11.5 Å². The molecule has 0 unspecified atom stereocenters. The highest BCUT2D eigenvalue weighted by molar-refractivity contribution is 8.13. The van der Waals surface area contributed by atoms with Gasteiger partial charge in [-0.15, -0.1) is 0 Å². The van der Waals surface area contributed by atoms with E-state index in [1.165, 1.54) is 11.8 Å². The second kappa shape index (κ2) is 7.91. The topological polar surface area (TPSA) is 64.0 Å². The number of hydrogen-bond acceptors (Lipinski definition) is 5. The van der Waals surface area contributed by atoms with Gasteiger partial charge in [0.15, 0.2) is 5.17 Å². The number of aliphatic imine (C=N–C) groups is 1. The molecule has 0 atom stereocenters. The van der Waals surface area contributed by atoms with E-state index in [4.69, 9.17) is 14.9 Å². The normalized spacial score (nSPS) is 11.9. The molecule has 2 N–H and O–H groups in total. The first kappa shape index (κ1) is 16.5. The predicted octanol–water partition coefficient (Wildman–Crippen LogP) is 3.23. The van der Waals surface area contributed by atoms with Crippen molar-refractivity contribution in [1.29, 1.82) is 0 Å². The number of furan rings is 1. The van der Waals surface area contributed by atoms with Crippen LogP contribution in [0.5, 0.6) is 5.75 Å². The highest BCUT2D eigenvalue weighted by Crippen LogP contribution is 2.21. The fraction of sp³-hybridized carbons (Fsp3) is 0.312. The van der Waals surface area contributed by atoms with Gasteiger partial charge < -0.3 is 19.8 Å². The van der Waals surface area contributed by atoms with Crippen LogP contribution in [0, 0.1) is 0 Å². The average molecular weight is 319 g/mol. The van der Waals surface area contributed by atoms with Crippen LogP contribution >= 0.6 is 11.8 Å². The minimum Gasteiger partial charge on any atom is -0.497 e. The van der Waals surface area contributed by atoms with Crippen LogP contribution in [0.2, 0.25) is 0 Å². The van der Waals surface area contributed by atoms with Gasteiger partial charge in [-0.1, -0.05) is 11.8 Å². The SMILES string of the molecule is COc1ccc(N=C(N)SCc2ccc(CN(C)C)o2)cc1. The van der Waals surface area contributed by atoms with Crippen molar-refractivity contribution in [3.8, 4) is 5.75 Å². The predicted molar refractivity (Wildman–Crippen MR) is 91.7 cm³/mol. The number of nitrogens with zero attached hydrogens (tertiary/aromatic N) is 2. The van der Waals surface area contributed by atoms with Gasteiger partial charge in [0.05, 0.1) is 25.1 Å². The summed E-state index contributed by atoms with van der Waals surface area (Å²) in [6.45, 7) is 0.792. The number of ether oxygens (including phenoxy) is 1. The molecule has 0 aliphatic carbocycles. The van der Waals surface area contributed by atoms with Crippen LogP contribution < -0.4 is 10.5 Å². The van der Waals surface area contributed by atoms with Crippen LogP contribution in [-0.2, 0) is 12.3 Å². The minimum atomic E-state index is 0.510. The van der Waals surface area contributed by atoms with Crippen molar-refractivity contribution in [3.05, 3.63) is 47.9 Å². The zero-order valence-electron chi connectivity index (χ0n) is 13.1. The highest BCUT2D eigenvalue weighted by atomic mass is 32.2.